The number of pyridine rings is 1. The van der Waals surface area contributed by atoms with E-state index in [9.17, 15) is 0 Å². The number of benzene rings is 2. The lowest BCUT2D eigenvalue weighted by molar-refractivity contribution is 0.110. The van der Waals surface area contributed by atoms with Crippen LogP contribution in [0.3, 0.4) is 0 Å². The van der Waals surface area contributed by atoms with Gasteiger partial charge >= 0.3 is 0 Å². The molecule has 4 heterocycles. The van der Waals surface area contributed by atoms with E-state index in [1.165, 1.54) is 19.5 Å². The Bertz CT molecular complexity index is 1610. The number of fused-ring (bicyclic) bond motifs is 2. The third kappa shape index (κ3) is 4.27. The second-order valence-corrected chi connectivity index (χ2v) is 11.1. The first kappa shape index (κ1) is 23.8. The lowest BCUT2D eigenvalue weighted by Crippen LogP contribution is -2.45. The Hall–Kier alpha value is -3.32. The highest BCUT2D eigenvalue weighted by Crippen LogP contribution is 2.42. The zero-order chi connectivity index (χ0) is 25.6. The maximum absolute atomic E-state index is 6.70. The lowest BCUT2D eigenvalue weighted by Gasteiger charge is -2.42. The fraction of sp³-hybridized carbons (Fsp3) is 0.323. The Morgan fingerprint density at radius 2 is 1.71 bits per heavy atom. The lowest BCUT2D eigenvalue weighted by atomic mass is 9.78. The molecule has 3 aromatic heterocycles. The second kappa shape index (κ2) is 9.77. The maximum Gasteiger partial charge on any atom is 0.155 e. The number of aromatic nitrogens is 4. The van der Waals surface area contributed by atoms with Gasteiger partial charge in [-0.3, -0.25) is 9.30 Å². The summed E-state index contributed by atoms with van der Waals surface area (Å²) in [7, 11) is 2.23. The van der Waals surface area contributed by atoms with Crippen molar-refractivity contribution in [2.45, 2.75) is 31.2 Å². The molecule has 1 saturated heterocycles. The largest absolute Gasteiger partial charge is 0.305 e. The Kier molecular flexibility index (Phi) is 6.11. The SMILES string of the molecule is CN1CCCN(C2CC(c3nc(-c4ccc5ccc(-c6ccccc6)nc5c4)c4c(Cl)nccn34)C2)CC1. The van der Waals surface area contributed by atoms with Crippen molar-refractivity contribution < 1.29 is 0 Å². The minimum Gasteiger partial charge on any atom is -0.305 e. The smallest absolute Gasteiger partial charge is 0.155 e. The molecular formula is C31H31ClN6. The molecule has 2 aliphatic rings. The van der Waals surface area contributed by atoms with Crippen LogP contribution in [0.4, 0.5) is 0 Å². The third-order valence-electron chi connectivity index (χ3n) is 8.32. The summed E-state index contributed by atoms with van der Waals surface area (Å²) in [6, 6.07) is 21.5. The topological polar surface area (TPSA) is 49.6 Å². The van der Waals surface area contributed by atoms with Gasteiger partial charge in [-0.1, -0.05) is 60.1 Å². The molecule has 7 heteroatoms. The molecule has 0 bridgehead atoms. The number of hydrogen-bond acceptors (Lipinski definition) is 5. The molecule has 2 fully saturated rings. The van der Waals surface area contributed by atoms with Gasteiger partial charge in [0.1, 0.15) is 11.3 Å². The van der Waals surface area contributed by atoms with Crippen LogP contribution in [-0.2, 0) is 0 Å². The van der Waals surface area contributed by atoms with E-state index in [2.05, 4.69) is 68.7 Å². The van der Waals surface area contributed by atoms with Gasteiger partial charge in [-0.25, -0.2) is 15.0 Å². The molecule has 6 nitrogen and oxygen atoms in total. The van der Waals surface area contributed by atoms with Gasteiger partial charge < -0.3 is 4.90 Å². The molecule has 0 unspecified atom stereocenters. The predicted molar refractivity (Wildman–Crippen MR) is 154 cm³/mol. The van der Waals surface area contributed by atoms with Crippen molar-refractivity contribution in [3.63, 3.8) is 0 Å². The van der Waals surface area contributed by atoms with Crippen molar-refractivity contribution >= 4 is 28.0 Å². The van der Waals surface area contributed by atoms with Crippen molar-refractivity contribution in [2.24, 2.45) is 0 Å². The van der Waals surface area contributed by atoms with Gasteiger partial charge in [-0.05, 0) is 51.5 Å². The summed E-state index contributed by atoms with van der Waals surface area (Å²) in [5.74, 6) is 1.51. The second-order valence-electron chi connectivity index (χ2n) is 10.7. The van der Waals surface area contributed by atoms with Crippen LogP contribution >= 0.6 is 11.6 Å². The summed E-state index contributed by atoms with van der Waals surface area (Å²) >= 11 is 6.70. The van der Waals surface area contributed by atoms with E-state index in [-0.39, 0.29) is 0 Å². The number of halogens is 1. The highest BCUT2D eigenvalue weighted by atomic mass is 35.5. The monoisotopic (exact) mass is 522 g/mol. The minimum absolute atomic E-state index is 0.420. The summed E-state index contributed by atoms with van der Waals surface area (Å²) in [6.07, 6.45) is 7.31. The van der Waals surface area contributed by atoms with Gasteiger partial charge in [0, 0.05) is 54.0 Å². The van der Waals surface area contributed by atoms with Gasteiger partial charge in [-0.2, -0.15) is 0 Å². The first-order valence-corrected chi connectivity index (χ1v) is 13.9. The van der Waals surface area contributed by atoms with Crippen LogP contribution in [0.25, 0.3) is 38.9 Å². The van der Waals surface area contributed by atoms with Crippen LogP contribution in [0.15, 0.2) is 73.1 Å². The summed E-state index contributed by atoms with van der Waals surface area (Å²) in [6.45, 7) is 4.70. The molecule has 38 heavy (non-hydrogen) atoms. The highest BCUT2D eigenvalue weighted by Gasteiger charge is 2.38. The molecule has 7 rings (SSSR count). The van der Waals surface area contributed by atoms with E-state index >= 15 is 0 Å². The van der Waals surface area contributed by atoms with E-state index in [1.807, 2.05) is 24.4 Å². The standard InChI is InChI=1S/C31H31ClN6/c1-36-13-5-14-37(17-16-36)25-18-24(19-25)31-35-28(29-30(32)33-12-15-38(29)31)23-9-8-22-10-11-26(34-27(22)20-23)21-6-3-2-4-7-21/h2-4,6-12,15,20,24-25H,5,13-14,16-19H2,1H3. The Morgan fingerprint density at radius 1 is 0.868 bits per heavy atom. The Labute approximate surface area is 227 Å². The number of nitrogens with zero attached hydrogens (tertiary/aromatic N) is 6. The van der Waals surface area contributed by atoms with Crippen molar-refractivity contribution in [1.82, 2.24) is 29.2 Å². The van der Waals surface area contributed by atoms with Crippen molar-refractivity contribution in [1.29, 1.82) is 0 Å². The van der Waals surface area contributed by atoms with E-state index in [1.54, 1.807) is 6.20 Å². The van der Waals surface area contributed by atoms with Crippen LogP contribution in [0.1, 0.15) is 31.0 Å². The fourth-order valence-corrected chi connectivity index (χ4v) is 6.31. The molecular weight excluding hydrogens is 492 g/mol. The van der Waals surface area contributed by atoms with E-state index in [0.717, 1.165) is 70.7 Å². The van der Waals surface area contributed by atoms with Crippen LogP contribution in [0.2, 0.25) is 5.15 Å². The molecule has 0 spiro atoms. The number of likely N-dealkylation sites (N-methyl/N-ethyl adjacent to an activating group) is 1. The molecule has 0 N–H and O–H groups in total. The van der Waals surface area contributed by atoms with Crippen molar-refractivity contribution in [3.8, 4) is 22.5 Å². The molecule has 1 saturated carbocycles. The molecule has 2 aromatic carbocycles. The quantitative estimate of drug-likeness (QED) is 0.283. The average molecular weight is 523 g/mol. The number of imidazole rings is 1. The molecule has 0 amide bonds. The number of rotatable bonds is 4. The van der Waals surface area contributed by atoms with E-state index in [0.29, 0.717) is 17.1 Å². The van der Waals surface area contributed by atoms with Gasteiger partial charge in [0.2, 0.25) is 0 Å². The van der Waals surface area contributed by atoms with Crippen molar-refractivity contribution in [2.75, 3.05) is 33.2 Å². The van der Waals surface area contributed by atoms with Crippen LogP contribution in [0, 0.1) is 0 Å². The third-order valence-corrected chi connectivity index (χ3v) is 8.60. The molecule has 1 aliphatic heterocycles. The van der Waals surface area contributed by atoms with Crippen LogP contribution in [-0.4, -0.2) is 68.4 Å². The van der Waals surface area contributed by atoms with E-state index in [4.69, 9.17) is 21.6 Å². The Morgan fingerprint density at radius 3 is 2.58 bits per heavy atom. The van der Waals surface area contributed by atoms with Gasteiger partial charge in [-0.15, -0.1) is 0 Å². The van der Waals surface area contributed by atoms with Crippen LogP contribution < -0.4 is 0 Å². The zero-order valence-corrected chi connectivity index (χ0v) is 22.3. The maximum atomic E-state index is 6.70. The minimum atomic E-state index is 0.420. The average Bonchev–Trinajstić information content (AvgIpc) is 3.18. The predicted octanol–water partition coefficient (Wildman–Crippen LogP) is 6.15. The summed E-state index contributed by atoms with van der Waals surface area (Å²) < 4.78 is 2.17. The first-order chi connectivity index (χ1) is 18.6. The molecule has 0 atom stereocenters. The van der Waals surface area contributed by atoms with Gasteiger partial charge in [0.15, 0.2) is 5.15 Å². The fourth-order valence-electron chi connectivity index (χ4n) is 6.08. The first-order valence-electron chi connectivity index (χ1n) is 13.6. The molecule has 5 aromatic rings. The molecule has 192 valence electrons. The molecule has 0 radical (unpaired) electrons. The zero-order valence-electron chi connectivity index (χ0n) is 21.6. The summed E-state index contributed by atoms with van der Waals surface area (Å²) in [4.78, 5) is 19.7. The summed E-state index contributed by atoms with van der Waals surface area (Å²) in [5, 5.41) is 1.59. The van der Waals surface area contributed by atoms with Gasteiger partial charge in [0.25, 0.3) is 0 Å². The Balaban J connectivity index is 1.23. The molecule has 1 aliphatic carbocycles. The summed E-state index contributed by atoms with van der Waals surface area (Å²) in [5.41, 5.74) is 5.79. The highest BCUT2D eigenvalue weighted by molar-refractivity contribution is 6.33. The normalized spacial score (nSPS) is 21.0. The van der Waals surface area contributed by atoms with E-state index < -0.39 is 0 Å². The van der Waals surface area contributed by atoms with Gasteiger partial charge in [0.05, 0.1) is 16.9 Å². The van der Waals surface area contributed by atoms with Crippen molar-refractivity contribution in [3.05, 3.63) is 84.0 Å². The number of hydrogen-bond donors (Lipinski definition) is 0. The van der Waals surface area contributed by atoms with Crippen LogP contribution in [0.5, 0.6) is 0 Å².